The summed E-state index contributed by atoms with van der Waals surface area (Å²) in [6, 6.07) is 5.05. The molecule has 0 radical (unpaired) electrons. The maximum Gasteiger partial charge on any atom is 0.338 e. The molecule has 0 heterocycles. The quantitative estimate of drug-likeness (QED) is 0.679. The minimum atomic E-state index is -0.311. The third kappa shape index (κ3) is 4.38. The van der Waals surface area contributed by atoms with E-state index in [4.69, 9.17) is 15.2 Å². The van der Waals surface area contributed by atoms with E-state index in [2.05, 4.69) is 13.8 Å². The first-order valence-corrected chi connectivity index (χ1v) is 7.72. The van der Waals surface area contributed by atoms with Crippen molar-refractivity contribution in [3.8, 4) is 5.75 Å². The fourth-order valence-corrected chi connectivity index (χ4v) is 3.18. The van der Waals surface area contributed by atoms with Crippen LogP contribution in [0.2, 0.25) is 0 Å². The van der Waals surface area contributed by atoms with Crippen LogP contribution in [-0.4, -0.2) is 18.7 Å². The van der Waals surface area contributed by atoms with Gasteiger partial charge in [0.25, 0.3) is 0 Å². The minimum absolute atomic E-state index is 0.00761. The number of hydrogen-bond donors (Lipinski definition) is 1. The van der Waals surface area contributed by atoms with Crippen LogP contribution in [0.5, 0.6) is 5.75 Å². The lowest BCUT2D eigenvalue weighted by Crippen LogP contribution is -2.28. The highest BCUT2D eigenvalue weighted by molar-refractivity contribution is 5.91. The van der Waals surface area contributed by atoms with Crippen LogP contribution < -0.4 is 10.5 Å². The van der Waals surface area contributed by atoms with Gasteiger partial charge >= 0.3 is 5.97 Å². The van der Waals surface area contributed by atoms with Crippen LogP contribution in [0.1, 0.15) is 50.4 Å². The molecule has 2 N–H and O–H groups in total. The number of nitrogens with two attached hydrogens (primary N) is 1. The zero-order valence-electron chi connectivity index (χ0n) is 13.1. The molecule has 0 amide bonds. The zero-order chi connectivity index (χ0) is 15.4. The number of carbonyl (C=O) groups is 1. The van der Waals surface area contributed by atoms with Gasteiger partial charge in [0.05, 0.1) is 12.2 Å². The summed E-state index contributed by atoms with van der Waals surface area (Å²) in [6.45, 7) is 6.86. The number of rotatable bonds is 4. The first kappa shape index (κ1) is 15.7. The van der Waals surface area contributed by atoms with Gasteiger partial charge in [0, 0.05) is 11.8 Å². The fourth-order valence-electron chi connectivity index (χ4n) is 3.18. The van der Waals surface area contributed by atoms with Gasteiger partial charge in [0.1, 0.15) is 11.9 Å². The van der Waals surface area contributed by atoms with Gasteiger partial charge in [-0.2, -0.15) is 0 Å². The van der Waals surface area contributed by atoms with E-state index in [1.54, 1.807) is 18.2 Å². The Bertz CT molecular complexity index is 491. The second kappa shape index (κ2) is 6.83. The van der Waals surface area contributed by atoms with Crippen molar-refractivity contribution in [2.24, 2.45) is 11.8 Å². The van der Waals surface area contributed by atoms with Gasteiger partial charge in [-0.05, 0) is 50.2 Å². The van der Waals surface area contributed by atoms with Crippen LogP contribution in [0.15, 0.2) is 18.2 Å². The Labute approximate surface area is 126 Å². The fraction of sp³-hybridized carbons (Fsp3) is 0.588. The van der Waals surface area contributed by atoms with Gasteiger partial charge in [-0.3, -0.25) is 0 Å². The highest BCUT2D eigenvalue weighted by Crippen LogP contribution is 2.31. The molecule has 21 heavy (non-hydrogen) atoms. The normalized spacial score (nSPS) is 25.4. The third-order valence-electron chi connectivity index (χ3n) is 3.88. The molecule has 1 fully saturated rings. The van der Waals surface area contributed by atoms with E-state index >= 15 is 0 Å². The van der Waals surface area contributed by atoms with Crippen LogP contribution >= 0.6 is 0 Å². The molecular weight excluding hydrogens is 266 g/mol. The molecule has 1 saturated carbocycles. The van der Waals surface area contributed by atoms with Crippen LogP contribution in [0.4, 0.5) is 5.69 Å². The topological polar surface area (TPSA) is 61.5 Å². The van der Waals surface area contributed by atoms with E-state index in [-0.39, 0.29) is 12.1 Å². The average Bonchev–Trinajstić information content (AvgIpc) is 2.37. The summed E-state index contributed by atoms with van der Waals surface area (Å²) < 4.78 is 11.1. The van der Waals surface area contributed by atoms with Crippen LogP contribution in [-0.2, 0) is 4.74 Å². The second-order valence-electron chi connectivity index (χ2n) is 6.17. The van der Waals surface area contributed by atoms with E-state index in [0.29, 0.717) is 35.4 Å². The molecule has 2 atom stereocenters. The van der Waals surface area contributed by atoms with Gasteiger partial charge in [-0.1, -0.05) is 13.8 Å². The molecule has 2 rings (SSSR count). The lowest BCUT2D eigenvalue weighted by atomic mass is 9.82. The van der Waals surface area contributed by atoms with E-state index < -0.39 is 0 Å². The molecular formula is C17H25NO3. The molecule has 0 aliphatic heterocycles. The van der Waals surface area contributed by atoms with Crippen molar-refractivity contribution in [1.82, 2.24) is 0 Å². The van der Waals surface area contributed by atoms with Crippen LogP contribution in [0, 0.1) is 11.8 Å². The van der Waals surface area contributed by atoms with Crippen molar-refractivity contribution in [3.05, 3.63) is 23.8 Å². The Morgan fingerprint density at radius 3 is 2.48 bits per heavy atom. The SMILES string of the molecule is CCOc1cc(N)cc(C(=O)OC2CC(C)CC(C)C2)c1. The van der Waals surface area contributed by atoms with Gasteiger partial charge in [0.15, 0.2) is 0 Å². The number of nitrogen functional groups attached to an aromatic ring is 1. The second-order valence-corrected chi connectivity index (χ2v) is 6.17. The largest absolute Gasteiger partial charge is 0.494 e. The Morgan fingerprint density at radius 1 is 1.19 bits per heavy atom. The molecule has 1 aliphatic carbocycles. The molecule has 1 aromatic rings. The van der Waals surface area contributed by atoms with Crippen molar-refractivity contribution in [2.75, 3.05) is 12.3 Å². The van der Waals surface area contributed by atoms with Crippen molar-refractivity contribution in [1.29, 1.82) is 0 Å². The van der Waals surface area contributed by atoms with E-state index in [1.165, 1.54) is 6.42 Å². The summed E-state index contributed by atoms with van der Waals surface area (Å²) >= 11 is 0. The maximum absolute atomic E-state index is 12.3. The summed E-state index contributed by atoms with van der Waals surface area (Å²) in [6.07, 6.45) is 3.10. The summed E-state index contributed by atoms with van der Waals surface area (Å²) in [7, 11) is 0. The Morgan fingerprint density at radius 2 is 1.86 bits per heavy atom. The summed E-state index contributed by atoms with van der Waals surface area (Å²) in [5.41, 5.74) is 6.79. The number of benzene rings is 1. The smallest absolute Gasteiger partial charge is 0.338 e. The van der Waals surface area contributed by atoms with Gasteiger partial charge < -0.3 is 15.2 Å². The summed E-state index contributed by atoms with van der Waals surface area (Å²) in [4.78, 5) is 12.3. The first-order valence-electron chi connectivity index (χ1n) is 7.72. The standard InChI is InChI=1S/C17H25NO3/c1-4-20-15-9-13(8-14(18)10-15)17(19)21-16-6-11(2)5-12(3)7-16/h8-12,16H,4-7,18H2,1-3H3. The van der Waals surface area contributed by atoms with Crippen molar-refractivity contribution in [3.63, 3.8) is 0 Å². The molecule has 0 aromatic heterocycles. The molecule has 116 valence electrons. The Kier molecular flexibility index (Phi) is 5.10. The van der Waals surface area contributed by atoms with Crippen LogP contribution in [0.3, 0.4) is 0 Å². The predicted molar refractivity (Wildman–Crippen MR) is 83.4 cm³/mol. The van der Waals surface area contributed by atoms with Gasteiger partial charge in [-0.15, -0.1) is 0 Å². The van der Waals surface area contributed by atoms with E-state index in [9.17, 15) is 4.79 Å². The minimum Gasteiger partial charge on any atom is -0.494 e. The third-order valence-corrected chi connectivity index (χ3v) is 3.88. The molecule has 1 aliphatic rings. The van der Waals surface area contributed by atoms with Gasteiger partial charge in [-0.25, -0.2) is 4.79 Å². The van der Waals surface area contributed by atoms with Crippen molar-refractivity contribution >= 4 is 11.7 Å². The maximum atomic E-state index is 12.3. The molecule has 0 bridgehead atoms. The summed E-state index contributed by atoms with van der Waals surface area (Å²) in [5, 5.41) is 0. The molecule has 4 nitrogen and oxygen atoms in total. The molecule has 1 aromatic carbocycles. The van der Waals surface area contributed by atoms with Crippen LogP contribution in [0.25, 0.3) is 0 Å². The first-order chi connectivity index (χ1) is 9.97. The number of esters is 1. The number of anilines is 1. The average molecular weight is 291 g/mol. The van der Waals surface area contributed by atoms with E-state index in [0.717, 1.165) is 12.8 Å². The lowest BCUT2D eigenvalue weighted by molar-refractivity contribution is 0.00802. The molecule has 2 unspecified atom stereocenters. The van der Waals surface area contributed by atoms with Gasteiger partial charge in [0.2, 0.25) is 0 Å². The zero-order valence-corrected chi connectivity index (χ0v) is 13.1. The number of hydrogen-bond acceptors (Lipinski definition) is 4. The highest BCUT2D eigenvalue weighted by atomic mass is 16.5. The number of carbonyl (C=O) groups excluding carboxylic acids is 1. The molecule has 0 saturated heterocycles. The predicted octanol–water partition coefficient (Wildman–Crippen LogP) is 3.65. The van der Waals surface area contributed by atoms with E-state index in [1.807, 2.05) is 6.92 Å². The number of ether oxygens (including phenoxy) is 2. The Hall–Kier alpha value is -1.71. The highest BCUT2D eigenvalue weighted by Gasteiger charge is 2.27. The van der Waals surface area contributed by atoms with Crippen molar-refractivity contribution in [2.45, 2.75) is 46.1 Å². The molecule has 4 heteroatoms. The summed E-state index contributed by atoms with van der Waals surface area (Å²) in [5.74, 6) is 1.50. The van der Waals surface area contributed by atoms with Crippen molar-refractivity contribution < 1.29 is 14.3 Å². The molecule has 0 spiro atoms. The monoisotopic (exact) mass is 291 g/mol. The lowest BCUT2D eigenvalue weighted by Gasteiger charge is -2.31. The Balaban J connectivity index is 2.06.